The van der Waals surface area contributed by atoms with Crippen LogP contribution in [0.5, 0.6) is 5.75 Å². The third kappa shape index (κ3) is 4.47. The number of amides is 2. The molecule has 0 saturated carbocycles. The molecule has 0 spiro atoms. The van der Waals surface area contributed by atoms with E-state index in [1.54, 1.807) is 41.3 Å². The summed E-state index contributed by atoms with van der Waals surface area (Å²) >= 11 is 0. The molecule has 1 saturated heterocycles. The highest BCUT2D eigenvalue weighted by molar-refractivity contribution is 7.89. The van der Waals surface area contributed by atoms with Gasteiger partial charge in [0.05, 0.1) is 23.6 Å². The number of anilines is 2. The van der Waals surface area contributed by atoms with E-state index in [1.165, 1.54) is 18.3 Å². The van der Waals surface area contributed by atoms with E-state index in [4.69, 9.17) is 4.74 Å². The van der Waals surface area contributed by atoms with Crippen LogP contribution in [-0.2, 0) is 26.0 Å². The Morgan fingerprint density at radius 1 is 1.15 bits per heavy atom. The van der Waals surface area contributed by atoms with Gasteiger partial charge in [0.15, 0.2) is 0 Å². The monoisotopic (exact) mass is 471 g/mol. The van der Waals surface area contributed by atoms with E-state index in [1.807, 2.05) is 13.0 Å². The fraction of sp³-hybridized carbons (Fsp3) is 0.417. The zero-order valence-corrected chi connectivity index (χ0v) is 19.9. The molecule has 2 amide bonds. The fourth-order valence-corrected chi connectivity index (χ4v) is 6.33. The maximum atomic E-state index is 13.4. The molecule has 2 heterocycles. The summed E-state index contributed by atoms with van der Waals surface area (Å²) in [7, 11) is -2.23. The lowest BCUT2D eigenvalue weighted by Crippen LogP contribution is -2.43. The number of fused-ring (bicyclic) bond motifs is 1. The summed E-state index contributed by atoms with van der Waals surface area (Å²) in [6.07, 6.45) is 1.83. The van der Waals surface area contributed by atoms with Crippen LogP contribution in [0.15, 0.2) is 47.4 Å². The molecule has 0 bridgehead atoms. The number of piperidine rings is 1. The topological polar surface area (TPSA) is 96.0 Å². The minimum absolute atomic E-state index is 0.00602. The van der Waals surface area contributed by atoms with E-state index >= 15 is 0 Å². The largest absolute Gasteiger partial charge is 0.495 e. The van der Waals surface area contributed by atoms with Gasteiger partial charge in [-0.2, -0.15) is 4.31 Å². The molecule has 0 aliphatic carbocycles. The van der Waals surface area contributed by atoms with Crippen molar-refractivity contribution in [3.63, 3.8) is 0 Å². The molecule has 176 valence electrons. The molecule has 9 heteroatoms. The number of para-hydroxylation sites is 2. The van der Waals surface area contributed by atoms with E-state index in [0.717, 1.165) is 11.3 Å². The summed E-state index contributed by atoms with van der Waals surface area (Å²) in [5.74, 6) is -0.185. The first-order chi connectivity index (χ1) is 15.7. The van der Waals surface area contributed by atoms with Gasteiger partial charge in [0.1, 0.15) is 5.75 Å². The van der Waals surface area contributed by atoms with Crippen LogP contribution >= 0.6 is 0 Å². The van der Waals surface area contributed by atoms with Gasteiger partial charge in [0, 0.05) is 31.7 Å². The molecular formula is C24H29N3O5S. The molecule has 2 atom stereocenters. The quantitative estimate of drug-likeness (QED) is 0.723. The molecule has 2 aromatic carbocycles. The molecule has 2 aromatic rings. The first-order valence-corrected chi connectivity index (χ1v) is 12.5. The summed E-state index contributed by atoms with van der Waals surface area (Å²) < 4.78 is 33.5. The molecule has 0 aromatic heterocycles. The normalized spacial score (nSPS) is 20.9. The van der Waals surface area contributed by atoms with Crippen molar-refractivity contribution in [2.24, 2.45) is 5.92 Å². The van der Waals surface area contributed by atoms with Crippen molar-refractivity contribution in [2.75, 3.05) is 30.4 Å². The third-order valence-corrected chi connectivity index (χ3v) is 8.22. The van der Waals surface area contributed by atoms with Gasteiger partial charge < -0.3 is 15.0 Å². The van der Waals surface area contributed by atoms with Crippen LogP contribution in [0.2, 0.25) is 0 Å². The van der Waals surface area contributed by atoms with Crippen molar-refractivity contribution in [2.45, 2.75) is 44.0 Å². The minimum atomic E-state index is -3.77. The number of sulfonamides is 1. The first-order valence-electron chi connectivity index (χ1n) is 11.1. The van der Waals surface area contributed by atoms with Gasteiger partial charge in [0.2, 0.25) is 21.8 Å². The molecule has 8 nitrogen and oxygen atoms in total. The first kappa shape index (κ1) is 23.3. The maximum absolute atomic E-state index is 13.4. The number of carbonyl (C=O) groups excluding carboxylic acids is 2. The number of hydrogen-bond donors (Lipinski definition) is 1. The molecule has 0 unspecified atom stereocenters. The average molecular weight is 472 g/mol. The van der Waals surface area contributed by atoms with Gasteiger partial charge >= 0.3 is 0 Å². The zero-order valence-electron chi connectivity index (χ0n) is 19.1. The number of hydrogen-bond acceptors (Lipinski definition) is 5. The van der Waals surface area contributed by atoms with E-state index in [2.05, 4.69) is 5.32 Å². The maximum Gasteiger partial charge on any atom is 0.243 e. The number of nitrogens with one attached hydrogen (secondary N) is 1. The Bertz CT molecular complexity index is 1180. The van der Waals surface area contributed by atoms with Crippen LogP contribution in [0.4, 0.5) is 11.4 Å². The van der Waals surface area contributed by atoms with Crippen LogP contribution in [0, 0.1) is 5.92 Å². The molecule has 33 heavy (non-hydrogen) atoms. The average Bonchev–Trinajstić information content (AvgIpc) is 3.14. The van der Waals surface area contributed by atoms with Crippen LogP contribution in [0.1, 0.15) is 32.3 Å². The Morgan fingerprint density at radius 2 is 1.91 bits per heavy atom. The van der Waals surface area contributed by atoms with E-state index in [9.17, 15) is 18.0 Å². The Labute approximate surface area is 194 Å². The molecule has 2 aliphatic heterocycles. The Kier molecular flexibility index (Phi) is 6.45. The second-order valence-corrected chi connectivity index (χ2v) is 10.6. The van der Waals surface area contributed by atoms with Gasteiger partial charge in [-0.1, -0.05) is 12.1 Å². The summed E-state index contributed by atoms with van der Waals surface area (Å²) in [6, 6.07) is 12.1. The van der Waals surface area contributed by atoms with Crippen molar-refractivity contribution in [3.05, 3.63) is 48.0 Å². The van der Waals surface area contributed by atoms with Crippen molar-refractivity contribution in [3.8, 4) is 5.75 Å². The highest BCUT2D eigenvalue weighted by Gasteiger charge is 2.35. The van der Waals surface area contributed by atoms with Gasteiger partial charge in [-0.05, 0) is 62.1 Å². The van der Waals surface area contributed by atoms with Crippen molar-refractivity contribution in [1.82, 2.24) is 4.31 Å². The standard InChI is InChI=1S/C24H29N3O5S/c1-16-13-19-14-20(10-11-22(19)27(16)17(2)28)33(30,31)26-12-6-7-18(15-26)24(29)25-21-8-4-5-9-23(21)32-3/h4-5,8-11,14,16,18H,6-7,12-13,15H2,1-3H3,(H,25,29)/t16-,18+/m0/s1. The van der Waals surface area contributed by atoms with Crippen LogP contribution in [0.25, 0.3) is 0 Å². The molecular weight excluding hydrogens is 442 g/mol. The number of benzene rings is 2. The van der Waals surface area contributed by atoms with Gasteiger partial charge in [0.25, 0.3) is 0 Å². The number of methoxy groups -OCH3 is 1. The summed E-state index contributed by atoms with van der Waals surface area (Å²) in [5.41, 5.74) is 2.18. The highest BCUT2D eigenvalue weighted by atomic mass is 32.2. The lowest BCUT2D eigenvalue weighted by molar-refractivity contribution is -0.121. The van der Waals surface area contributed by atoms with Crippen LogP contribution in [0.3, 0.4) is 0 Å². The molecule has 2 aliphatic rings. The lowest BCUT2D eigenvalue weighted by Gasteiger charge is -2.31. The molecule has 0 radical (unpaired) electrons. The SMILES string of the molecule is COc1ccccc1NC(=O)[C@@H]1CCCN(S(=O)(=O)c2ccc3c(c2)C[C@H](C)N3C(C)=O)C1. The van der Waals surface area contributed by atoms with Crippen molar-refractivity contribution < 1.29 is 22.7 Å². The molecule has 4 rings (SSSR count). The lowest BCUT2D eigenvalue weighted by atomic mass is 9.98. The number of carbonyl (C=O) groups is 2. The predicted molar refractivity (Wildman–Crippen MR) is 126 cm³/mol. The molecule has 1 fully saturated rings. The fourth-order valence-electron chi connectivity index (χ4n) is 4.75. The Hall–Kier alpha value is -2.91. The van der Waals surface area contributed by atoms with Gasteiger partial charge in [-0.15, -0.1) is 0 Å². The van der Waals surface area contributed by atoms with Gasteiger partial charge in [-0.3, -0.25) is 9.59 Å². The minimum Gasteiger partial charge on any atom is -0.495 e. The van der Waals surface area contributed by atoms with Crippen molar-refractivity contribution in [1.29, 1.82) is 0 Å². The van der Waals surface area contributed by atoms with E-state index in [0.29, 0.717) is 37.2 Å². The summed E-state index contributed by atoms with van der Waals surface area (Å²) in [5, 5.41) is 2.87. The number of nitrogens with zero attached hydrogens (tertiary/aromatic N) is 2. The Morgan fingerprint density at radius 3 is 2.64 bits per heavy atom. The predicted octanol–water partition coefficient (Wildman–Crippen LogP) is 3.03. The van der Waals surface area contributed by atoms with Crippen molar-refractivity contribution >= 4 is 33.2 Å². The highest BCUT2D eigenvalue weighted by Crippen LogP contribution is 2.35. The number of ether oxygens (including phenoxy) is 1. The third-order valence-electron chi connectivity index (χ3n) is 6.36. The second kappa shape index (κ2) is 9.15. The smallest absolute Gasteiger partial charge is 0.243 e. The molecule has 1 N–H and O–H groups in total. The summed E-state index contributed by atoms with van der Waals surface area (Å²) in [6.45, 7) is 3.95. The van der Waals surface area contributed by atoms with Crippen LogP contribution in [-0.4, -0.2) is 50.8 Å². The van der Waals surface area contributed by atoms with E-state index < -0.39 is 15.9 Å². The number of rotatable bonds is 5. The second-order valence-electron chi connectivity index (χ2n) is 8.62. The van der Waals surface area contributed by atoms with Crippen LogP contribution < -0.4 is 15.0 Å². The zero-order chi connectivity index (χ0) is 23.8. The van der Waals surface area contributed by atoms with E-state index in [-0.39, 0.29) is 29.3 Å². The Balaban J connectivity index is 1.52. The summed E-state index contributed by atoms with van der Waals surface area (Å²) in [4.78, 5) is 26.8. The van der Waals surface area contributed by atoms with Gasteiger partial charge in [-0.25, -0.2) is 8.42 Å².